The van der Waals surface area contributed by atoms with Crippen LogP contribution < -0.4 is 4.90 Å². The summed E-state index contributed by atoms with van der Waals surface area (Å²) in [5, 5.41) is 26.1. The van der Waals surface area contributed by atoms with Gasteiger partial charge in [0.15, 0.2) is 5.65 Å². The molecule has 184 valence electrons. The second-order valence-corrected chi connectivity index (χ2v) is 9.63. The minimum absolute atomic E-state index is 0.239. The van der Waals surface area contributed by atoms with Gasteiger partial charge in [0.2, 0.25) is 0 Å². The summed E-state index contributed by atoms with van der Waals surface area (Å²) in [6.07, 6.45) is 9.46. The Balaban J connectivity index is 1.43. The number of aryl methyl sites for hydroxylation is 1. The lowest BCUT2D eigenvalue weighted by Gasteiger charge is -2.33. The predicted molar refractivity (Wildman–Crippen MR) is 135 cm³/mol. The number of morpholine rings is 1. The molecular formula is C26H24N10O. The van der Waals surface area contributed by atoms with Gasteiger partial charge in [-0.1, -0.05) is 0 Å². The van der Waals surface area contributed by atoms with Gasteiger partial charge in [0, 0.05) is 37.1 Å². The number of anilines is 1. The smallest absolute Gasteiger partial charge is 0.167 e. The standard InChI is InChI=1S/C26H24N10O/c1-15-25(16(2)35(33-15)18-7-17(9-27)10-28-11-18)23-8-24(34-13-19-3-4-20(14-34)37-19)31-26-21(12-30-36(23)26)22-5-6-29-32-22/h5-8,10-12,19-20H,3-4,13-14H2,1-2H3,(H,29,32). The Kier molecular flexibility index (Phi) is 4.84. The van der Waals surface area contributed by atoms with Crippen molar-refractivity contribution in [1.29, 1.82) is 5.26 Å². The zero-order chi connectivity index (χ0) is 25.1. The fraction of sp³-hybridized carbons (Fsp3) is 0.308. The van der Waals surface area contributed by atoms with E-state index in [2.05, 4.69) is 32.2 Å². The summed E-state index contributed by atoms with van der Waals surface area (Å²) in [7, 11) is 0. The zero-order valence-corrected chi connectivity index (χ0v) is 20.5. The van der Waals surface area contributed by atoms with E-state index in [-0.39, 0.29) is 12.2 Å². The lowest BCUT2D eigenvalue weighted by atomic mass is 10.1. The minimum atomic E-state index is 0.239. The van der Waals surface area contributed by atoms with E-state index in [9.17, 15) is 5.26 Å². The summed E-state index contributed by atoms with van der Waals surface area (Å²) in [6, 6.07) is 7.97. The third-order valence-corrected chi connectivity index (χ3v) is 7.26. The van der Waals surface area contributed by atoms with Gasteiger partial charge < -0.3 is 9.64 Å². The number of rotatable bonds is 4. The first kappa shape index (κ1) is 21.7. The van der Waals surface area contributed by atoms with Crippen LogP contribution in [-0.4, -0.2) is 64.9 Å². The molecule has 2 bridgehead atoms. The zero-order valence-electron chi connectivity index (χ0n) is 20.5. The molecule has 2 aliphatic rings. The molecule has 1 N–H and O–H groups in total. The maximum absolute atomic E-state index is 9.35. The van der Waals surface area contributed by atoms with E-state index in [1.165, 1.54) is 0 Å². The Bertz CT molecular complexity index is 1660. The topological polar surface area (TPSA) is 126 Å². The van der Waals surface area contributed by atoms with Crippen LogP contribution >= 0.6 is 0 Å². The summed E-state index contributed by atoms with van der Waals surface area (Å²) in [5.74, 6) is 0.892. The highest BCUT2D eigenvalue weighted by Crippen LogP contribution is 2.36. The monoisotopic (exact) mass is 492 g/mol. The van der Waals surface area contributed by atoms with Crippen LogP contribution in [0.1, 0.15) is 29.8 Å². The van der Waals surface area contributed by atoms with Gasteiger partial charge in [0.05, 0.1) is 64.2 Å². The number of fused-ring (bicyclic) bond motifs is 3. The van der Waals surface area contributed by atoms with Crippen LogP contribution in [0.5, 0.6) is 0 Å². The van der Waals surface area contributed by atoms with Gasteiger partial charge in [-0.25, -0.2) is 14.2 Å². The second-order valence-electron chi connectivity index (χ2n) is 9.63. The van der Waals surface area contributed by atoms with Crippen molar-refractivity contribution < 1.29 is 4.74 Å². The Morgan fingerprint density at radius 3 is 2.70 bits per heavy atom. The minimum Gasteiger partial charge on any atom is -0.371 e. The molecular weight excluding hydrogens is 468 g/mol. The predicted octanol–water partition coefficient (Wildman–Crippen LogP) is 3.22. The Labute approximate surface area is 212 Å². The molecule has 11 heteroatoms. The first-order valence-corrected chi connectivity index (χ1v) is 12.3. The van der Waals surface area contributed by atoms with Crippen LogP contribution in [0.3, 0.4) is 0 Å². The quantitative estimate of drug-likeness (QED) is 0.405. The highest BCUT2D eigenvalue weighted by atomic mass is 16.5. The molecule has 2 atom stereocenters. The molecule has 2 fully saturated rings. The maximum atomic E-state index is 9.35. The van der Waals surface area contributed by atoms with Crippen molar-refractivity contribution in [3.8, 4) is 34.3 Å². The third-order valence-electron chi connectivity index (χ3n) is 7.26. The van der Waals surface area contributed by atoms with Gasteiger partial charge in [0.25, 0.3) is 0 Å². The fourth-order valence-corrected chi connectivity index (χ4v) is 5.56. The molecule has 0 radical (unpaired) electrons. The molecule has 37 heavy (non-hydrogen) atoms. The average molecular weight is 493 g/mol. The van der Waals surface area contributed by atoms with Crippen molar-refractivity contribution in [2.45, 2.75) is 38.9 Å². The first-order valence-electron chi connectivity index (χ1n) is 12.3. The number of hydrogen-bond acceptors (Lipinski definition) is 8. The van der Waals surface area contributed by atoms with Gasteiger partial charge in [-0.3, -0.25) is 10.1 Å². The molecule has 0 aromatic carbocycles. The Morgan fingerprint density at radius 1 is 1.11 bits per heavy atom. The molecule has 0 saturated carbocycles. The third kappa shape index (κ3) is 3.48. The summed E-state index contributed by atoms with van der Waals surface area (Å²) in [5.41, 5.74) is 7.34. The lowest BCUT2D eigenvalue weighted by molar-refractivity contribution is 0.0302. The molecule has 0 spiro atoms. The SMILES string of the molecule is Cc1nn(-c2cncc(C#N)c2)c(C)c1-c1cc(N2CC3CCC(C2)O3)nc2c(-c3ccn[nH]3)cnn12. The highest BCUT2D eigenvalue weighted by Gasteiger charge is 2.35. The second kappa shape index (κ2) is 8.25. The van der Waals surface area contributed by atoms with E-state index >= 15 is 0 Å². The summed E-state index contributed by atoms with van der Waals surface area (Å²) >= 11 is 0. The number of ether oxygens (including phenoxy) is 1. The number of H-pyrrole nitrogens is 1. The van der Waals surface area contributed by atoms with Crippen LogP contribution in [0, 0.1) is 25.2 Å². The molecule has 0 amide bonds. The van der Waals surface area contributed by atoms with Crippen LogP contribution in [0.2, 0.25) is 0 Å². The fourth-order valence-electron chi connectivity index (χ4n) is 5.56. The van der Waals surface area contributed by atoms with Gasteiger partial charge >= 0.3 is 0 Å². The highest BCUT2D eigenvalue weighted by molar-refractivity contribution is 5.80. The molecule has 7 rings (SSSR count). The van der Waals surface area contributed by atoms with E-state index in [1.54, 1.807) is 24.7 Å². The normalized spacial score (nSPS) is 19.0. The molecule has 2 aliphatic heterocycles. The number of aromatic nitrogens is 8. The van der Waals surface area contributed by atoms with Crippen molar-refractivity contribution in [2.75, 3.05) is 18.0 Å². The van der Waals surface area contributed by atoms with Crippen molar-refractivity contribution in [3.05, 3.63) is 59.9 Å². The molecule has 5 aromatic rings. The Morgan fingerprint density at radius 2 is 1.95 bits per heavy atom. The lowest BCUT2D eigenvalue weighted by Crippen LogP contribution is -2.43. The molecule has 7 heterocycles. The summed E-state index contributed by atoms with van der Waals surface area (Å²) in [4.78, 5) is 11.6. The maximum Gasteiger partial charge on any atom is 0.167 e. The van der Waals surface area contributed by atoms with E-state index in [4.69, 9.17) is 19.9 Å². The van der Waals surface area contributed by atoms with Crippen LogP contribution in [0.4, 0.5) is 5.82 Å². The number of aromatic amines is 1. The number of hydrogen-bond donors (Lipinski definition) is 1. The van der Waals surface area contributed by atoms with E-state index in [1.807, 2.05) is 35.3 Å². The first-order chi connectivity index (χ1) is 18.1. The van der Waals surface area contributed by atoms with E-state index < -0.39 is 0 Å². The summed E-state index contributed by atoms with van der Waals surface area (Å²) in [6.45, 7) is 5.64. The van der Waals surface area contributed by atoms with Gasteiger partial charge in [-0.05, 0) is 38.8 Å². The largest absolute Gasteiger partial charge is 0.371 e. The Hall–Kier alpha value is -4.56. The van der Waals surface area contributed by atoms with E-state index in [0.29, 0.717) is 5.56 Å². The molecule has 0 aliphatic carbocycles. The summed E-state index contributed by atoms with van der Waals surface area (Å²) < 4.78 is 9.79. The average Bonchev–Trinajstić information content (AvgIpc) is 3.70. The van der Waals surface area contributed by atoms with E-state index in [0.717, 1.165) is 77.0 Å². The molecule has 5 aromatic heterocycles. The van der Waals surface area contributed by atoms with Crippen molar-refractivity contribution in [1.82, 2.24) is 39.6 Å². The molecule has 2 saturated heterocycles. The number of nitriles is 1. The van der Waals surface area contributed by atoms with Crippen molar-refractivity contribution >= 4 is 11.5 Å². The van der Waals surface area contributed by atoms with Crippen molar-refractivity contribution in [3.63, 3.8) is 0 Å². The van der Waals surface area contributed by atoms with Crippen LogP contribution in [-0.2, 0) is 4.74 Å². The van der Waals surface area contributed by atoms with Gasteiger partial charge in [-0.15, -0.1) is 0 Å². The number of nitrogens with one attached hydrogen (secondary N) is 1. The number of pyridine rings is 1. The molecule has 2 unspecified atom stereocenters. The molecule has 11 nitrogen and oxygen atoms in total. The van der Waals surface area contributed by atoms with Crippen molar-refractivity contribution in [2.24, 2.45) is 0 Å². The van der Waals surface area contributed by atoms with Gasteiger partial charge in [0.1, 0.15) is 11.9 Å². The van der Waals surface area contributed by atoms with Crippen LogP contribution in [0.15, 0.2) is 43.0 Å². The van der Waals surface area contributed by atoms with Crippen LogP contribution in [0.25, 0.3) is 33.8 Å². The van der Waals surface area contributed by atoms with Gasteiger partial charge in [-0.2, -0.15) is 20.6 Å². The number of nitrogens with zero attached hydrogens (tertiary/aromatic N) is 9.